The first-order valence-corrected chi connectivity index (χ1v) is 8.99. The molecule has 1 aliphatic heterocycles. The highest BCUT2D eigenvalue weighted by Crippen LogP contribution is 2.28. The Balaban J connectivity index is 1.38. The Morgan fingerprint density at radius 1 is 1.10 bits per heavy atom. The summed E-state index contributed by atoms with van der Waals surface area (Å²) in [7, 11) is 0. The normalized spacial score (nSPS) is 12.5. The molecular formula is C21H18N4O4. The maximum Gasteiger partial charge on any atom is 0.335 e. The summed E-state index contributed by atoms with van der Waals surface area (Å²) in [6, 6.07) is 12.1. The molecule has 0 spiro atoms. The van der Waals surface area contributed by atoms with Gasteiger partial charge in [0.2, 0.25) is 5.88 Å². The van der Waals surface area contributed by atoms with E-state index >= 15 is 0 Å². The molecule has 29 heavy (non-hydrogen) atoms. The fourth-order valence-corrected chi connectivity index (χ4v) is 3.00. The molecule has 0 fully saturated rings. The first kappa shape index (κ1) is 18.4. The van der Waals surface area contributed by atoms with Crippen LogP contribution in [0.2, 0.25) is 0 Å². The zero-order valence-corrected chi connectivity index (χ0v) is 15.4. The van der Waals surface area contributed by atoms with E-state index in [1.165, 1.54) is 0 Å². The van der Waals surface area contributed by atoms with Crippen LogP contribution in [0.4, 0.5) is 5.88 Å². The summed E-state index contributed by atoms with van der Waals surface area (Å²) in [5.41, 5.74) is 2.98. The van der Waals surface area contributed by atoms with Crippen LogP contribution < -0.4 is 5.32 Å². The van der Waals surface area contributed by atoms with Gasteiger partial charge in [-0.25, -0.2) is 9.79 Å². The number of carbonyl (C=O) groups is 2. The van der Waals surface area contributed by atoms with Crippen molar-refractivity contribution in [3.8, 4) is 0 Å². The Morgan fingerprint density at radius 3 is 2.59 bits per heavy atom. The van der Waals surface area contributed by atoms with Crippen LogP contribution in [0.5, 0.6) is 0 Å². The van der Waals surface area contributed by atoms with E-state index < -0.39 is 5.97 Å². The molecule has 3 aromatic rings. The lowest BCUT2D eigenvalue weighted by Gasteiger charge is -2.21. The van der Waals surface area contributed by atoms with E-state index in [9.17, 15) is 9.59 Å². The van der Waals surface area contributed by atoms with Crippen LogP contribution in [0.25, 0.3) is 0 Å². The summed E-state index contributed by atoms with van der Waals surface area (Å²) in [4.78, 5) is 33.5. The number of aliphatic imine (C=N–C) groups is 1. The second-order valence-corrected chi connectivity index (χ2v) is 6.63. The second-order valence-electron chi connectivity index (χ2n) is 6.63. The van der Waals surface area contributed by atoms with Gasteiger partial charge in [-0.2, -0.15) is 0 Å². The largest absolute Gasteiger partial charge is 0.478 e. The summed E-state index contributed by atoms with van der Waals surface area (Å²) in [6.07, 6.45) is 5.01. The Labute approximate surface area is 166 Å². The van der Waals surface area contributed by atoms with Gasteiger partial charge in [0.15, 0.2) is 5.76 Å². The highest BCUT2D eigenvalue weighted by Gasteiger charge is 2.20. The molecule has 2 N–H and O–H groups in total. The van der Waals surface area contributed by atoms with Crippen LogP contribution in [0.1, 0.15) is 37.6 Å². The number of hydrogen-bond donors (Lipinski definition) is 2. The molecule has 1 aliphatic rings. The smallest absolute Gasteiger partial charge is 0.335 e. The van der Waals surface area contributed by atoms with Gasteiger partial charge in [0, 0.05) is 37.6 Å². The molecule has 0 saturated carbocycles. The van der Waals surface area contributed by atoms with Gasteiger partial charge in [-0.05, 0) is 41.5 Å². The highest BCUT2D eigenvalue weighted by molar-refractivity contribution is 5.92. The van der Waals surface area contributed by atoms with E-state index in [2.05, 4.69) is 15.3 Å². The van der Waals surface area contributed by atoms with E-state index in [1.807, 2.05) is 17.0 Å². The first-order chi connectivity index (χ1) is 14.1. The third-order valence-corrected chi connectivity index (χ3v) is 4.51. The zero-order chi connectivity index (χ0) is 20.2. The number of carboxylic acid groups (broad SMARTS) is 1. The Bertz CT molecular complexity index is 1060. The molecule has 8 heteroatoms. The summed E-state index contributed by atoms with van der Waals surface area (Å²) in [6.45, 7) is 1.49. The number of aromatic carboxylic acids is 1. The number of carboxylic acids is 1. The van der Waals surface area contributed by atoms with Crippen molar-refractivity contribution in [3.05, 3.63) is 82.9 Å². The minimum absolute atomic E-state index is 0.217. The summed E-state index contributed by atoms with van der Waals surface area (Å²) in [5, 5.41) is 11.8. The highest BCUT2D eigenvalue weighted by atomic mass is 16.4. The quantitative estimate of drug-likeness (QED) is 0.670. The van der Waals surface area contributed by atoms with Gasteiger partial charge in [-0.15, -0.1) is 0 Å². The number of furan rings is 1. The molecule has 0 bridgehead atoms. The molecule has 0 aliphatic carbocycles. The van der Waals surface area contributed by atoms with Crippen molar-refractivity contribution >= 4 is 24.1 Å². The van der Waals surface area contributed by atoms with Gasteiger partial charge >= 0.3 is 5.97 Å². The van der Waals surface area contributed by atoms with Crippen LogP contribution in [-0.2, 0) is 19.6 Å². The zero-order valence-electron chi connectivity index (χ0n) is 15.4. The lowest BCUT2D eigenvalue weighted by Crippen LogP contribution is -2.23. The Kier molecular flexibility index (Phi) is 5.07. The number of nitrogens with one attached hydrogen (secondary N) is 1. The fourth-order valence-electron chi connectivity index (χ4n) is 3.00. The van der Waals surface area contributed by atoms with Gasteiger partial charge in [-0.3, -0.25) is 9.78 Å². The molecule has 0 atom stereocenters. The molecular weight excluding hydrogens is 372 g/mol. The molecule has 0 unspecified atom stereocenters. The fraction of sp³-hybridized carbons (Fsp3) is 0.143. The third kappa shape index (κ3) is 4.32. The van der Waals surface area contributed by atoms with Crippen molar-refractivity contribution in [2.75, 3.05) is 0 Å². The number of pyridine rings is 1. The molecule has 0 saturated heterocycles. The van der Waals surface area contributed by atoms with Crippen molar-refractivity contribution in [1.82, 2.24) is 15.2 Å². The number of carbonyl (C=O) groups excluding carboxylic acids is 1. The number of rotatable bonds is 6. The van der Waals surface area contributed by atoms with E-state index in [1.54, 1.807) is 49.1 Å². The average molecular weight is 390 g/mol. The summed E-state index contributed by atoms with van der Waals surface area (Å²) in [5.74, 6) is -0.610. The van der Waals surface area contributed by atoms with Crippen molar-refractivity contribution in [2.45, 2.75) is 19.6 Å². The molecule has 146 valence electrons. The predicted octanol–water partition coefficient (Wildman–Crippen LogP) is 2.98. The standard InChI is InChI=1S/C21H18N4O4/c26-19(23-10-14-5-7-22-8-6-14)18-9-17-12-25(13-24-20(17)29-18)11-15-1-3-16(4-2-15)21(27)28/h1-9,13H,10-12H2,(H,23,26)(H,27,28). The number of benzene rings is 1. The number of aromatic nitrogens is 1. The summed E-state index contributed by atoms with van der Waals surface area (Å²) >= 11 is 0. The SMILES string of the molecule is O=C(O)c1ccc(CN2C=Nc3oc(C(=O)NCc4ccncc4)cc3C2)cc1. The summed E-state index contributed by atoms with van der Waals surface area (Å²) < 4.78 is 5.58. The van der Waals surface area contributed by atoms with Crippen LogP contribution in [0, 0.1) is 0 Å². The van der Waals surface area contributed by atoms with Crippen LogP contribution in [0.15, 0.2) is 64.3 Å². The van der Waals surface area contributed by atoms with Crippen LogP contribution in [-0.4, -0.2) is 33.2 Å². The van der Waals surface area contributed by atoms with Crippen molar-refractivity contribution in [2.24, 2.45) is 4.99 Å². The average Bonchev–Trinajstić information content (AvgIpc) is 3.17. The lowest BCUT2D eigenvalue weighted by molar-refractivity contribution is 0.0696. The van der Waals surface area contributed by atoms with Gasteiger partial charge in [0.25, 0.3) is 5.91 Å². The topological polar surface area (TPSA) is 108 Å². The van der Waals surface area contributed by atoms with Crippen LogP contribution in [0.3, 0.4) is 0 Å². The number of fused-ring (bicyclic) bond motifs is 1. The van der Waals surface area contributed by atoms with Gasteiger partial charge in [-0.1, -0.05) is 12.1 Å². The molecule has 4 rings (SSSR count). The number of nitrogens with zero attached hydrogens (tertiary/aromatic N) is 3. The number of hydrogen-bond acceptors (Lipinski definition) is 6. The molecule has 2 aromatic heterocycles. The van der Waals surface area contributed by atoms with Crippen LogP contribution >= 0.6 is 0 Å². The Morgan fingerprint density at radius 2 is 1.86 bits per heavy atom. The van der Waals surface area contributed by atoms with Crippen molar-refractivity contribution < 1.29 is 19.1 Å². The monoisotopic (exact) mass is 390 g/mol. The Hall–Kier alpha value is -3.94. The minimum atomic E-state index is -0.950. The van der Waals surface area contributed by atoms with E-state index in [0.717, 1.165) is 16.7 Å². The van der Waals surface area contributed by atoms with Gasteiger partial charge < -0.3 is 19.7 Å². The van der Waals surface area contributed by atoms with E-state index in [0.29, 0.717) is 25.5 Å². The predicted molar refractivity (Wildman–Crippen MR) is 105 cm³/mol. The maximum atomic E-state index is 12.4. The molecule has 1 amide bonds. The van der Waals surface area contributed by atoms with E-state index in [-0.39, 0.29) is 17.2 Å². The van der Waals surface area contributed by atoms with Crippen molar-refractivity contribution in [1.29, 1.82) is 0 Å². The number of amides is 1. The maximum absolute atomic E-state index is 12.4. The van der Waals surface area contributed by atoms with Gasteiger partial charge in [0.05, 0.1) is 11.9 Å². The lowest BCUT2D eigenvalue weighted by atomic mass is 10.1. The minimum Gasteiger partial charge on any atom is -0.478 e. The van der Waals surface area contributed by atoms with Crippen molar-refractivity contribution in [3.63, 3.8) is 0 Å². The second kappa shape index (κ2) is 7.97. The van der Waals surface area contributed by atoms with E-state index in [4.69, 9.17) is 9.52 Å². The molecule has 1 aromatic carbocycles. The molecule has 8 nitrogen and oxygen atoms in total. The first-order valence-electron chi connectivity index (χ1n) is 8.99. The van der Waals surface area contributed by atoms with Gasteiger partial charge in [0.1, 0.15) is 0 Å². The molecule has 3 heterocycles. The third-order valence-electron chi connectivity index (χ3n) is 4.51. The molecule has 0 radical (unpaired) electrons.